The minimum absolute atomic E-state index is 0.715. The molecule has 0 radical (unpaired) electrons. The summed E-state index contributed by atoms with van der Waals surface area (Å²) in [6, 6.07) is 7.80. The number of halogens is 2. The summed E-state index contributed by atoms with van der Waals surface area (Å²) in [5.41, 5.74) is 0.942. The second kappa shape index (κ2) is 7.29. The number of rotatable bonds is 5. The highest BCUT2D eigenvalue weighted by Gasteiger charge is 2.09. The first-order valence-electron chi connectivity index (χ1n) is 6.25. The van der Waals surface area contributed by atoms with Gasteiger partial charge < -0.3 is 5.32 Å². The summed E-state index contributed by atoms with van der Waals surface area (Å²) in [5, 5.41) is 3.98. The Morgan fingerprint density at radius 1 is 1.35 bits per heavy atom. The molecular formula is C14H15BrClN3S. The minimum Gasteiger partial charge on any atom is -0.369 e. The molecule has 2 aromatic rings. The van der Waals surface area contributed by atoms with E-state index in [0.29, 0.717) is 5.75 Å². The van der Waals surface area contributed by atoms with Crippen molar-refractivity contribution in [1.29, 1.82) is 0 Å². The Balaban J connectivity index is 2.13. The second-order valence-electron chi connectivity index (χ2n) is 4.16. The van der Waals surface area contributed by atoms with Crippen LogP contribution in [0, 0.1) is 6.92 Å². The monoisotopic (exact) mass is 371 g/mol. The molecule has 20 heavy (non-hydrogen) atoms. The summed E-state index contributed by atoms with van der Waals surface area (Å²) in [4.78, 5) is 10.2. The number of hydrogen-bond acceptors (Lipinski definition) is 4. The van der Waals surface area contributed by atoms with Gasteiger partial charge in [-0.1, -0.05) is 17.7 Å². The summed E-state index contributed by atoms with van der Waals surface area (Å²) in [5.74, 6) is 2.38. The zero-order valence-electron chi connectivity index (χ0n) is 11.3. The predicted octanol–water partition coefficient (Wildman–Crippen LogP) is 4.93. The van der Waals surface area contributed by atoms with Crippen LogP contribution in [-0.4, -0.2) is 16.5 Å². The van der Waals surface area contributed by atoms with Crippen LogP contribution in [0.1, 0.15) is 18.4 Å². The quantitative estimate of drug-likeness (QED) is 0.756. The lowest BCUT2D eigenvalue weighted by atomic mass is 10.4. The Morgan fingerprint density at radius 3 is 2.85 bits per heavy atom. The van der Waals surface area contributed by atoms with Crippen molar-refractivity contribution in [2.75, 3.05) is 11.9 Å². The van der Waals surface area contributed by atoms with E-state index in [9.17, 15) is 0 Å². The number of nitrogens with one attached hydrogen (secondary N) is 1. The number of thioether (sulfide) groups is 1. The van der Waals surface area contributed by atoms with E-state index in [2.05, 4.69) is 31.2 Å². The second-order valence-corrected chi connectivity index (χ2v) is 6.44. The lowest BCUT2D eigenvalue weighted by Crippen LogP contribution is -2.05. The summed E-state index contributed by atoms with van der Waals surface area (Å²) < 4.78 is 0.927. The van der Waals surface area contributed by atoms with Gasteiger partial charge in [0, 0.05) is 16.5 Å². The minimum atomic E-state index is 0.715. The number of aromatic nitrogens is 2. The van der Waals surface area contributed by atoms with E-state index >= 15 is 0 Å². The van der Waals surface area contributed by atoms with E-state index in [0.717, 1.165) is 38.3 Å². The van der Waals surface area contributed by atoms with Gasteiger partial charge in [0.2, 0.25) is 0 Å². The third kappa shape index (κ3) is 4.11. The molecule has 6 heteroatoms. The van der Waals surface area contributed by atoms with Gasteiger partial charge in [0.05, 0.1) is 15.9 Å². The molecule has 0 saturated heterocycles. The van der Waals surface area contributed by atoms with E-state index in [1.165, 1.54) is 0 Å². The Labute approximate surface area is 136 Å². The van der Waals surface area contributed by atoms with E-state index in [1.807, 2.05) is 38.1 Å². The zero-order chi connectivity index (χ0) is 14.5. The molecule has 0 saturated carbocycles. The third-order valence-corrected chi connectivity index (χ3v) is 4.75. The predicted molar refractivity (Wildman–Crippen MR) is 89.6 cm³/mol. The highest BCUT2D eigenvalue weighted by atomic mass is 79.9. The lowest BCUT2D eigenvalue weighted by Gasteiger charge is -2.10. The molecule has 0 spiro atoms. The van der Waals surface area contributed by atoms with Crippen LogP contribution in [-0.2, 0) is 5.75 Å². The van der Waals surface area contributed by atoms with E-state index in [4.69, 9.17) is 11.6 Å². The number of nitrogens with zero attached hydrogens (tertiary/aromatic N) is 2. The molecule has 0 aliphatic rings. The van der Waals surface area contributed by atoms with Gasteiger partial charge in [0.25, 0.3) is 0 Å². The first kappa shape index (κ1) is 15.6. The molecule has 1 aromatic carbocycles. The van der Waals surface area contributed by atoms with Crippen LogP contribution in [0.15, 0.2) is 33.6 Å². The average molecular weight is 373 g/mol. The highest BCUT2D eigenvalue weighted by molar-refractivity contribution is 9.10. The van der Waals surface area contributed by atoms with Crippen LogP contribution in [0.2, 0.25) is 5.02 Å². The van der Waals surface area contributed by atoms with Crippen molar-refractivity contribution in [3.8, 4) is 0 Å². The molecule has 0 atom stereocenters. The van der Waals surface area contributed by atoms with Crippen molar-refractivity contribution in [3.05, 3.63) is 45.3 Å². The van der Waals surface area contributed by atoms with Crippen LogP contribution >= 0.6 is 39.3 Å². The standard InChI is InChI=1S/C14H15BrClN3S/c1-3-17-14-13(15)9(2)18-12(19-14)8-20-11-6-4-5-10(16)7-11/h4-7H,3,8H2,1-2H3,(H,17,18,19). The molecule has 0 amide bonds. The first-order valence-corrected chi connectivity index (χ1v) is 8.41. The number of hydrogen-bond donors (Lipinski definition) is 1. The van der Waals surface area contributed by atoms with Crippen molar-refractivity contribution < 1.29 is 0 Å². The number of aryl methyl sites for hydroxylation is 1. The van der Waals surface area contributed by atoms with Crippen LogP contribution in [0.4, 0.5) is 5.82 Å². The number of benzene rings is 1. The van der Waals surface area contributed by atoms with Crippen molar-refractivity contribution in [3.63, 3.8) is 0 Å². The molecule has 1 heterocycles. The van der Waals surface area contributed by atoms with Gasteiger partial charge in [0.15, 0.2) is 0 Å². The first-order chi connectivity index (χ1) is 9.60. The third-order valence-electron chi connectivity index (χ3n) is 2.57. The molecule has 0 unspecified atom stereocenters. The average Bonchev–Trinajstić information content (AvgIpc) is 2.42. The van der Waals surface area contributed by atoms with E-state index in [-0.39, 0.29) is 0 Å². The fourth-order valence-electron chi connectivity index (χ4n) is 1.67. The molecule has 1 N–H and O–H groups in total. The lowest BCUT2D eigenvalue weighted by molar-refractivity contribution is 0.975. The molecule has 2 rings (SSSR count). The highest BCUT2D eigenvalue weighted by Crippen LogP contribution is 2.27. The van der Waals surface area contributed by atoms with E-state index in [1.54, 1.807) is 11.8 Å². The van der Waals surface area contributed by atoms with Gasteiger partial charge in [-0.2, -0.15) is 0 Å². The molecule has 0 aliphatic carbocycles. The van der Waals surface area contributed by atoms with Crippen LogP contribution < -0.4 is 5.32 Å². The summed E-state index contributed by atoms with van der Waals surface area (Å²) in [6.07, 6.45) is 0. The molecule has 106 valence electrons. The van der Waals surface area contributed by atoms with Crippen molar-refractivity contribution in [2.45, 2.75) is 24.5 Å². The Morgan fingerprint density at radius 2 is 2.15 bits per heavy atom. The summed E-state index contributed by atoms with van der Waals surface area (Å²) >= 11 is 11.2. The van der Waals surface area contributed by atoms with Gasteiger partial charge in [0.1, 0.15) is 11.6 Å². The molecule has 0 bridgehead atoms. The van der Waals surface area contributed by atoms with Crippen molar-refractivity contribution in [2.24, 2.45) is 0 Å². The Kier molecular flexibility index (Phi) is 5.69. The molecule has 3 nitrogen and oxygen atoms in total. The zero-order valence-corrected chi connectivity index (χ0v) is 14.4. The van der Waals surface area contributed by atoms with Crippen LogP contribution in [0.3, 0.4) is 0 Å². The molecular weight excluding hydrogens is 358 g/mol. The summed E-state index contributed by atoms with van der Waals surface area (Å²) in [7, 11) is 0. The summed E-state index contributed by atoms with van der Waals surface area (Å²) in [6.45, 7) is 4.85. The smallest absolute Gasteiger partial charge is 0.144 e. The number of anilines is 1. The van der Waals surface area contributed by atoms with Crippen LogP contribution in [0.5, 0.6) is 0 Å². The maximum atomic E-state index is 5.98. The van der Waals surface area contributed by atoms with Crippen molar-refractivity contribution in [1.82, 2.24) is 9.97 Å². The molecule has 0 fully saturated rings. The Hall–Kier alpha value is -0.780. The van der Waals surface area contributed by atoms with Crippen LogP contribution in [0.25, 0.3) is 0 Å². The van der Waals surface area contributed by atoms with Gasteiger partial charge in [-0.25, -0.2) is 9.97 Å². The normalized spacial score (nSPS) is 10.6. The Bertz CT molecular complexity index is 607. The molecule has 0 aliphatic heterocycles. The van der Waals surface area contributed by atoms with Gasteiger partial charge in [-0.05, 0) is 48.0 Å². The fraction of sp³-hybridized carbons (Fsp3) is 0.286. The maximum absolute atomic E-state index is 5.98. The fourth-order valence-corrected chi connectivity index (χ4v) is 3.05. The topological polar surface area (TPSA) is 37.8 Å². The van der Waals surface area contributed by atoms with E-state index < -0.39 is 0 Å². The largest absolute Gasteiger partial charge is 0.369 e. The van der Waals surface area contributed by atoms with Crippen molar-refractivity contribution >= 4 is 45.1 Å². The SMILES string of the molecule is CCNc1nc(CSc2cccc(Cl)c2)nc(C)c1Br. The van der Waals surface area contributed by atoms with Gasteiger partial charge >= 0.3 is 0 Å². The molecule has 1 aromatic heterocycles. The van der Waals surface area contributed by atoms with Gasteiger partial charge in [-0.15, -0.1) is 11.8 Å². The van der Waals surface area contributed by atoms with Gasteiger partial charge in [-0.3, -0.25) is 0 Å². The maximum Gasteiger partial charge on any atom is 0.144 e.